The SMILES string of the molecule is COc1ccc(CNc2nc(-c3cccc(F)c3)c(C)c3nc(CCOS(=O)(=O)c4ccc(C(F)(F)F)cc4)nn23)c(OC)c1. The predicted molar refractivity (Wildman–Crippen MR) is 156 cm³/mol. The first-order valence-electron chi connectivity index (χ1n) is 13.4. The molecule has 0 aliphatic rings. The van der Waals surface area contributed by atoms with E-state index in [9.17, 15) is 26.0 Å². The van der Waals surface area contributed by atoms with E-state index in [1.165, 1.54) is 23.8 Å². The van der Waals surface area contributed by atoms with Gasteiger partial charge in [0.2, 0.25) is 5.95 Å². The number of anilines is 1. The van der Waals surface area contributed by atoms with E-state index in [-0.39, 0.29) is 31.3 Å². The summed E-state index contributed by atoms with van der Waals surface area (Å²) in [5.41, 5.74) is 1.73. The van der Waals surface area contributed by atoms with Crippen LogP contribution in [0.3, 0.4) is 0 Å². The van der Waals surface area contributed by atoms with E-state index >= 15 is 0 Å². The molecule has 0 atom stereocenters. The zero-order valence-corrected chi connectivity index (χ0v) is 25.0. The molecule has 45 heavy (non-hydrogen) atoms. The quantitative estimate of drug-likeness (QED) is 0.140. The number of aryl methyl sites for hydroxylation is 1. The largest absolute Gasteiger partial charge is 0.497 e. The van der Waals surface area contributed by atoms with Gasteiger partial charge in [0, 0.05) is 35.7 Å². The molecule has 0 amide bonds. The first-order valence-corrected chi connectivity index (χ1v) is 14.8. The number of fused-ring (bicyclic) bond motifs is 1. The Morgan fingerprint density at radius 3 is 2.38 bits per heavy atom. The Morgan fingerprint density at radius 1 is 0.956 bits per heavy atom. The predicted octanol–water partition coefficient (Wildman–Crippen LogP) is 5.83. The molecule has 2 aromatic heterocycles. The summed E-state index contributed by atoms with van der Waals surface area (Å²) < 4.78 is 95.1. The third-order valence-electron chi connectivity index (χ3n) is 6.82. The van der Waals surface area contributed by atoms with Gasteiger partial charge in [-0.2, -0.15) is 26.1 Å². The molecule has 0 aliphatic carbocycles. The molecule has 0 saturated heterocycles. The van der Waals surface area contributed by atoms with Crippen LogP contribution < -0.4 is 14.8 Å². The van der Waals surface area contributed by atoms with Crippen LogP contribution in [0.15, 0.2) is 71.6 Å². The summed E-state index contributed by atoms with van der Waals surface area (Å²) in [5, 5.41) is 7.72. The van der Waals surface area contributed by atoms with E-state index in [1.807, 2.05) is 6.07 Å². The second kappa shape index (κ2) is 12.7. The van der Waals surface area contributed by atoms with Gasteiger partial charge < -0.3 is 14.8 Å². The molecule has 0 aliphatic heterocycles. The molecule has 5 aromatic rings. The lowest BCUT2D eigenvalue weighted by molar-refractivity contribution is -0.137. The highest BCUT2D eigenvalue weighted by Gasteiger charge is 2.31. The Hall–Kier alpha value is -4.76. The van der Waals surface area contributed by atoms with Gasteiger partial charge in [-0.15, -0.1) is 5.10 Å². The molecular weight excluding hydrogens is 618 g/mol. The van der Waals surface area contributed by atoms with Crippen molar-refractivity contribution in [2.45, 2.75) is 31.0 Å². The van der Waals surface area contributed by atoms with Crippen molar-refractivity contribution >= 4 is 21.7 Å². The summed E-state index contributed by atoms with van der Waals surface area (Å²) >= 11 is 0. The molecule has 0 radical (unpaired) electrons. The Bertz CT molecular complexity index is 1950. The Morgan fingerprint density at radius 2 is 1.71 bits per heavy atom. The summed E-state index contributed by atoms with van der Waals surface area (Å²) in [6, 6.07) is 14.3. The number of alkyl halides is 3. The van der Waals surface area contributed by atoms with Gasteiger partial charge in [-0.05, 0) is 55.5 Å². The summed E-state index contributed by atoms with van der Waals surface area (Å²) in [6.07, 6.45) is -4.66. The van der Waals surface area contributed by atoms with Gasteiger partial charge in [0.25, 0.3) is 10.1 Å². The molecule has 3 aromatic carbocycles. The minimum absolute atomic E-state index is 0.0535. The van der Waals surface area contributed by atoms with E-state index in [2.05, 4.69) is 15.4 Å². The fourth-order valence-corrected chi connectivity index (χ4v) is 5.43. The number of ether oxygens (including phenoxy) is 2. The third-order valence-corrected chi connectivity index (χ3v) is 8.15. The van der Waals surface area contributed by atoms with Gasteiger partial charge in [-0.25, -0.2) is 14.4 Å². The van der Waals surface area contributed by atoms with Crippen LogP contribution >= 0.6 is 0 Å². The molecule has 0 saturated carbocycles. The van der Waals surface area contributed by atoms with Gasteiger partial charge >= 0.3 is 6.18 Å². The van der Waals surface area contributed by atoms with Crippen LogP contribution in [0.1, 0.15) is 22.5 Å². The number of halogens is 4. The minimum Gasteiger partial charge on any atom is -0.497 e. The van der Waals surface area contributed by atoms with Gasteiger partial charge in [-0.1, -0.05) is 12.1 Å². The monoisotopic (exact) mass is 645 g/mol. The van der Waals surface area contributed by atoms with E-state index in [4.69, 9.17) is 18.6 Å². The van der Waals surface area contributed by atoms with E-state index < -0.39 is 32.6 Å². The zero-order chi connectivity index (χ0) is 32.4. The topological polar surface area (TPSA) is 117 Å². The minimum atomic E-state index is -4.60. The van der Waals surface area contributed by atoms with Crippen molar-refractivity contribution in [3.8, 4) is 22.8 Å². The maximum Gasteiger partial charge on any atom is 0.416 e. The molecule has 15 heteroatoms. The average molecular weight is 646 g/mol. The Labute approximate surface area is 255 Å². The van der Waals surface area contributed by atoms with Crippen LogP contribution in [0.4, 0.5) is 23.5 Å². The highest BCUT2D eigenvalue weighted by molar-refractivity contribution is 7.86. The molecule has 0 unspecified atom stereocenters. The van der Waals surface area contributed by atoms with Crippen LogP contribution in [0, 0.1) is 12.7 Å². The van der Waals surface area contributed by atoms with Gasteiger partial charge in [0.05, 0.1) is 37.0 Å². The lowest BCUT2D eigenvalue weighted by Gasteiger charge is -2.14. The third kappa shape index (κ3) is 6.99. The van der Waals surface area contributed by atoms with Crippen LogP contribution in [-0.4, -0.2) is 48.8 Å². The van der Waals surface area contributed by atoms with Gasteiger partial charge in [-0.3, -0.25) is 4.18 Å². The summed E-state index contributed by atoms with van der Waals surface area (Å²) in [7, 11) is -1.27. The highest BCUT2D eigenvalue weighted by atomic mass is 32.2. The van der Waals surface area contributed by atoms with Crippen molar-refractivity contribution in [3.05, 3.63) is 95.1 Å². The van der Waals surface area contributed by atoms with Gasteiger partial charge in [0.1, 0.15) is 17.3 Å². The first kappa shape index (κ1) is 31.7. The molecular formula is C30H27F4N5O5S. The second-order valence-corrected chi connectivity index (χ2v) is 11.4. The van der Waals surface area contributed by atoms with Crippen molar-refractivity contribution < 1.29 is 39.6 Å². The van der Waals surface area contributed by atoms with E-state index in [0.717, 1.165) is 17.7 Å². The maximum atomic E-state index is 14.1. The molecule has 236 valence electrons. The number of nitrogens with one attached hydrogen (secondary N) is 1. The van der Waals surface area contributed by atoms with Crippen molar-refractivity contribution in [3.63, 3.8) is 0 Å². The summed E-state index contributed by atoms with van der Waals surface area (Å²) in [5.74, 6) is 1.22. The Kier molecular flexibility index (Phi) is 8.93. The van der Waals surface area contributed by atoms with Crippen LogP contribution in [0.25, 0.3) is 16.9 Å². The summed E-state index contributed by atoms with van der Waals surface area (Å²) in [6.45, 7) is 1.63. The van der Waals surface area contributed by atoms with Crippen molar-refractivity contribution in [2.75, 3.05) is 26.1 Å². The standard InChI is InChI=1S/C30H27F4N5O5S/c1-18-27(19-5-4-6-22(31)15-19)37-29(35-17-20-7-10-23(42-2)16-25(20)43-3)39-28(18)36-26(38-39)13-14-44-45(40,41)24-11-8-21(9-12-24)30(32,33)34/h4-12,15-16H,13-14,17H2,1-3H3,(H,35,37). The molecule has 5 rings (SSSR count). The molecule has 10 nitrogen and oxygen atoms in total. The van der Waals surface area contributed by atoms with Crippen LogP contribution in [0.2, 0.25) is 0 Å². The highest BCUT2D eigenvalue weighted by Crippen LogP contribution is 2.31. The van der Waals surface area contributed by atoms with E-state index in [0.29, 0.717) is 46.1 Å². The van der Waals surface area contributed by atoms with Crippen molar-refractivity contribution in [2.24, 2.45) is 0 Å². The Balaban J connectivity index is 1.42. The van der Waals surface area contributed by atoms with Crippen LogP contribution in [0.5, 0.6) is 11.5 Å². The molecule has 0 bridgehead atoms. The second-order valence-electron chi connectivity index (χ2n) is 9.76. The number of hydrogen-bond acceptors (Lipinski definition) is 9. The molecule has 2 heterocycles. The van der Waals surface area contributed by atoms with Gasteiger partial charge in [0.15, 0.2) is 11.5 Å². The average Bonchev–Trinajstić information content (AvgIpc) is 3.45. The number of methoxy groups -OCH3 is 2. The lowest BCUT2D eigenvalue weighted by Crippen LogP contribution is -2.11. The number of nitrogens with zero attached hydrogens (tertiary/aromatic N) is 4. The molecule has 0 fully saturated rings. The molecule has 1 N–H and O–H groups in total. The number of hydrogen-bond donors (Lipinski definition) is 1. The number of aromatic nitrogens is 4. The fraction of sp³-hybridized carbons (Fsp3) is 0.233. The first-order chi connectivity index (χ1) is 21.4. The maximum absolute atomic E-state index is 14.1. The van der Waals surface area contributed by atoms with Crippen LogP contribution in [-0.2, 0) is 33.4 Å². The summed E-state index contributed by atoms with van der Waals surface area (Å²) in [4.78, 5) is 8.87. The van der Waals surface area contributed by atoms with Crippen molar-refractivity contribution in [1.82, 2.24) is 19.6 Å². The lowest BCUT2D eigenvalue weighted by atomic mass is 10.1. The number of benzene rings is 3. The molecule has 0 spiro atoms. The normalized spacial score (nSPS) is 12.0. The van der Waals surface area contributed by atoms with Crippen molar-refractivity contribution in [1.29, 1.82) is 0 Å². The zero-order valence-electron chi connectivity index (χ0n) is 24.2. The number of rotatable bonds is 11. The smallest absolute Gasteiger partial charge is 0.416 e. The van der Waals surface area contributed by atoms with E-state index in [1.54, 1.807) is 38.3 Å². The fourth-order valence-electron chi connectivity index (χ4n) is 4.52.